The number of hydrogen-bond acceptors (Lipinski definition) is 5. The van der Waals surface area contributed by atoms with Gasteiger partial charge < -0.3 is 9.47 Å². The summed E-state index contributed by atoms with van der Waals surface area (Å²) in [5, 5.41) is 0. The number of halogens is 3. The van der Waals surface area contributed by atoms with E-state index in [1.54, 1.807) is 28.5 Å². The Bertz CT molecular complexity index is 916. The van der Waals surface area contributed by atoms with Crippen molar-refractivity contribution in [2.75, 3.05) is 13.7 Å². The topological polar surface area (TPSA) is 93.7 Å². The Morgan fingerprint density at radius 1 is 1.04 bits per heavy atom. The van der Waals surface area contributed by atoms with E-state index in [9.17, 15) is 26.4 Å². The van der Waals surface area contributed by atoms with Crippen molar-refractivity contribution < 1.29 is 35.9 Å². The standard InChI is InChI=1S/C16H15F3N2O5S/c1-25-12-7-3-4-8-13(12)26-10-15(22)20-21-27(23,24)14-9-5-2-6-11(14)16(17,18)19/h2-9,21H,10H2,1H3,(H,20,22). The van der Waals surface area contributed by atoms with Gasteiger partial charge in [0.2, 0.25) is 0 Å². The van der Waals surface area contributed by atoms with E-state index in [2.05, 4.69) is 0 Å². The lowest BCUT2D eigenvalue weighted by Crippen LogP contribution is -2.44. The molecule has 0 aliphatic heterocycles. The number of alkyl halides is 3. The first kappa shape index (κ1) is 20.5. The minimum atomic E-state index is -4.87. The Kier molecular flexibility index (Phi) is 6.28. The number of carbonyl (C=O) groups is 1. The SMILES string of the molecule is COc1ccccc1OCC(=O)NNS(=O)(=O)c1ccccc1C(F)(F)F. The average molecular weight is 404 g/mol. The third kappa shape index (κ3) is 5.34. The molecule has 27 heavy (non-hydrogen) atoms. The second-order valence-electron chi connectivity index (χ2n) is 5.09. The van der Waals surface area contributed by atoms with Gasteiger partial charge >= 0.3 is 6.18 Å². The monoisotopic (exact) mass is 404 g/mol. The van der Waals surface area contributed by atoms with E-state index in [0.29, 0.717) is 11.8 Å². The summed E-state index contributed by atoms with van der Waals surface area (Å²) in [5.41, 5.74) is 0.448. The Morgan fingerprint density at radius 2 is 1.63 bits per heavy atom. The minimum absolute atomic E-state index is 0.237. The number of benzene rings is 2. The van der Waals surface area contributed by atoms with Gasteiger partial charge in [-0.25, -0.2) is 8.42 Å². The summed E-state index contributed by atoms with van der Waals surface area (Å²) in [6, 6.07) is 10.0. The summed E-state index contributed by atoms with van der Waals surface area (Å²) in [4.78, 5) is 12.4. The number of ether oxygens (including phenoxy) is 2. The zero-order valence-corrected chi connectivity index (χ0v) is 14.7. The number of nitrogens with one attached hydrogen (secondary N) is 2. The summed E-state index contributed by atoms with van der Waals surface area (Å²) >= 11 is 0. The number of hydrogen-bond donors (Lipinski definition) is 2. The molecule has 2 N–H and O–H groups in total. The molecule has 2 aromatic rings. The van der Waals surface area contributed by atoms with Crippen LogP contribution < -0.4 is 19.7 Å². The molecular formula is C16H15F3N2O5S. The molecule has 7 nitrogen and oxygen atoms in total. The molecule has 1 amide bonds. The first-order valence-corrected chi connectivity index (χ1v) is 8.86. The predicted molar refractivity (Wildman–Crippen MR) is 88.4 cm³/mol. The van der Waals surface area contributed by atoms with E-state index >= 15 is 0 Å². The first-order valence-electron chi connectivity index (χ1n) is 7.38. The third-order valence-electron chi connectivity index (χ3n) is 3.23. The van der Waals surface area contributed by atoms with Crippen LogP contribution in [0.15, 0.2) is 53.4 Å². The van der Waals surface area contributed by atoms with E-state index < -0.39 is 39.2 Å². The highest BCUT2D eigenvalue weighted by Crippen LogP contribution is 2.33. The highest BCUT2D eigenvalue weighted by Gasteiger charge is 2.36. The van der Waals surface area contributed by atoms with Gasteiger partial charge in [-0.05, 0) is 24.3 Å². The molecule has 0 aliphatic carbocycles. The molecular weight excluding hydrogens is 389 g/mol. The molecule has 0 radical (unpaired) electrons. The van der Waals surface area contributed by atoms with Crippen LogP contribution >= 0.6 is 0 Å². The predicted octanol–water partition coefficient (Wildman–Crippen LogP) is 2.10. The Labute approximate surface area is 153 Å². The average Bonchev–Trinajstić information content (AvgIpc) is 2.64. The number of hydrazine groups is 1. The van der Waals surface area contributed by atoms with Crippen LogP contribution in [-0.2, 0) is 21.0 Å². The molecule has 0 heterocycles. The van der Waals surface area contributed by atoms with Gasteiger partial charge in [0, 0.05) is 0 Å². The maximum atomic E-state index is 12.9. The van der Waals surface area contributed by atoms with Crippen molar-refractivity contribution in [2.24, 2.45) is 0 Å². The summed E-state index contributed by atoms with van der Waals surface area (Å²) < 4.78 is 73.2. The molecule has 0 saturated carbocycles. The minimum Gasteiger partial charge on any atom is -0.493 e. The lowest BCUT2D eigenvalue weighted by atomic mass is 10.2. The van der Waals surface area contributed by atoms with Crippen molar-refractivity contribution in [3.8, 4) is 11.5 Å². The smallest absolute Gasteiger partial charge is 0.417 e. The van der Waals surface area contributed by atoms with Crippen molar-refractivity contribution in [3.05, 3.63) is 54.1 Å². The molecule has 0 unspecified atom stereocenters. The van der Waals surface area contributed by atoms with Gasteiger partial charge in [0.15, 0.2) is 18.1 Å². The maximum absolute atomic E-state index is 12.9. The van der Waals surface area contributed by atoms with Gasteiger partial charge in [0.25, 0.3) is 15.9 Å². The van der Waals surface area contributed by atoms with Gasteiger partial charge in [-0.3, -0.25) is 10.2 Å². The molecule has 2 rings (SSSR count). The molecule has 0 aliphatic rings. The van der Waals surface area contributed by atoms with Crippen molar-refractivity contribution in [2.45, 2.75) is 11.1 Å². The number of carbonyl (C=O) groups excluding carboxylic acids is 1. The van der Waals surface area contributed by atoms with Crippen LogP contribution in [0.5, 0.6) is 11.5 Å². The van der Waals surface area contributed by atoms with Crippen molar-refractivity contribution in [1.82, 2.24) is 10.3 Å². The van der Waals surface area contributed by atoms with Crippen LogP contribution in [0.4, 0.5) is 13.2 Å². The Balaban J connectivity index is 2.02. The van der Waals surface area contributed by atoms with Gasteiger partial charge in [-0.15, -0.1) is 4.83 Å². The van der Waals surface area contributed by atoms with E-state index in [1.807, 2.05) is 0 Å². The quantitative estimate of drug-likeness (QED) is 0.690. The Morgan fingerprint density at radius 3 is 2.26 bits per heavy atom. The van der Waals surface area contributed by atoms with E-state index in [4.69, 9.17) is 9.47 Å². The number of sulfonamides is 1. The maximum Gasteiger partial charge on any atom is 0.417 e. The fraction of sp³-hybridized carbons (Fsp3) is 0.188. The van der Waals surface area contributed by atoms with Crippen LogP contribution in [0, 0.1) is 0 Å². The second kappa shape index (κ2) is 8.27. The van der Waals surface area contributed by atoms with Crippen LogP contribution in [-0.4, -0.2) is 28.0 Å². The highest BCUT2D eigenvalue weighted by atomic mass is 32.2. The van der Waals surface area contributed by atoms with Crippen molar-refractivity contribution >= 4 is 15.9 Å². The summed E-state index contributed by atoms with van der Waals surface area (Å²) in [5.74, 6) is -0.334. The second-order valence-corrected chi connectivity index (χ2v) is 6.74. The number of rotatable bonds is 7. The summed E-state index contributed by atoms with van der Waals surface area (Å²) in [7, 11) is -3.25. The molecule has 0 spiro atoms. The number of para-hydroxylation sites is 2. The zero-order valence-electron chi connectivity index (χ0n) is 13.9. The van der Waals surface area contributed by atoms with Gasteiger partial charge in [0.1, 0.15) is 0 Å². The number of amides is 1. The molecule has 0 bridgehead atoms. The van der Waals surface area contributed by atoms with Crippen LogP contribution in [0.1, 0.15) is 5.56 Å². The third-order valence-corrected chi connectivity index (χ3v) is 4.54. The summed E-state index contributed by atoms with van der Waals surface area (Å²) in [6.07, 6.45) is -4.87. The molecule has 0 atom stereocenters. The first-order chi connectivity index (χ1) is 12.6. The van der Waals surface area contributed by atoms with Gasteiger partial charge in [0.05, 0.1) is 17.6 Å². The molecule has 2 aromatic carbocycles. The van der Waals surface area contributed by atoms with Crippen LogP contribution in [0.2, 0.25) is 0 Å². The molecule has 11 heteroatoms. The lowest BCUT2D eigenvalue weighted by molar-refractivity contribution is -0.139. The fourth-order valence-corrected chi connectivity index (χ4v) is 3.12. The highest BCUT2D eigenvalue weighted by molar-refractivity contribution is 7.89. The van der Waals surface area contributed by atoms with Crippen molar-refractivity contribution in [1.29, 1.82) is 0 Å². The van der Waals surface area contributed by atoms with E-state index in [-0.39, 0.29) is 5.75 Å². The van der Waals surface area contributed by atoms with Gasteiger partial charge in [-0.2, -0.15) is 13.2 Å². The molecule has 0 fully saturated rings. The van der Waals surface area contributed by atoms with E-state index in [1.165, 1.54) is 13.2 Å². The largest absolute Gasteiger partial charge is 0.493 e. The summed E-state index contributed by atoms with van der Waals surface area (Å²) in [6.45, 7) is -0.593. The van der Waals surface area contributed by atoms with Crippen LogP contribution in [0.3, 0.4) is 0 Å². The number of methoxy groups -OCH3 is 1. The van der Waals surface area contributed by atoms with Crippen molar-refractivity contribution in [3.63, 3.8) is 0 Å². The van der Waals surface area contributed by atoms with Gasteiger partial charge in [-0.1, -0.05) is 24.3 Å². The Hall–Kier alpha value is -2.79. The van der Waals surface area contributed by atoms with E-state index in [0.717, 1.165) is 18.2 Å². The molecule has 146 valence electrons. The fourth-order valence-electron chi connectivity index (χ4n) is 2.03. The zero-order chi connectivity index (χ0) is 20.1. The normalized spacial score (nSPS) is 11.7. The lowest BCUT2D eigenvalue weighted by Gasteiger charge is -2.14. The molecule has 0 saturated heterocycles. The molecule has 0 aromatic heterocycles. The van der Waals surface area contributed by atoms with Crippen LogP contribution in [0.25, 0.3) is 0 Å².